The average Bonchev–Trinajstić information content (AvgIpc) is 2.48. The van der Waals surface area contributed by atoms with Gasteiger partial charge in [-0.25, -0.2) is 9.97 Å². The molecule has 1 aromatic rings. The SMILES string of the molecule is Cc1cc(C2CCCCC2)nc(C2CNCCO2)n1. The Morgan fingerprint density at radius 3 is 2.79 bits per heavy atom. The number of nitrogens with one attached hydrogen (secondary N) is 1. The van der Waals surface area contributed by atoms with Crippen molar-refractivity contribution >= 4 is 0 Å². The molecule has 0 bridgehead atoms. The van der Waals surface area contributed by atoms with E-state index >= 15 is 0 Å². The summed E-state index contributed by atoms with van der Waals surface area (Å²) >= 11 is 0. The number of aromatic nitrogens is 2. The van der Waals surface area contributed by atoms with Crippen LogP contribution in [-0.4, -0.2) is 29.7 Å². The Balaban J connectivity index is 1.82. The van der Waals surface area contributed by atoms with Crippen molar-refractivity contribution in [3.63, 3.8) is 0 Å². The molecule has 1 aliphatic heterocycles. The van der Waals surface area contributed by atoms with E-state index in [1.54, 1.807) is 0 Å². The van der Waals surface area contributed by atoms with Gasteiger partial charge >= 0.3 is 0 Å². The first kappa shape index (κ1) is 13.0. The second-order valence-corrected chi connectivity index (χ2v) is 5.69. The fourth-order valence-corrected chi connectivity index (χ4v) is 3.10. The van der Waals surface area contributed by atoms with Crippen molar-refractivity contribution in [2.24, 2.45) is 0 Å². The third kappa shape index (κ3) is 3.12. The van der Waals surface area contributed by atoms with Gasteiger partial charge in [0.25, 0.3) is 0 Å². The molecule has 1 saturated carbocycles. The van der Waals surface area contributed by atoms with Gasteiger partial charge in [-0.05, 0) is 25.8 Å². The fraction of sp³-hybridized carbons (Fsp3) is 0.733. The minimum atomic E-state index is 0.0241. The van der Waals surface area contributed by atoms with Crippen LogP contribution in [0.25, 0.3) is 0 Å². The van der Waals surface area contributed by atoms with E-state index in [1.807, 2.05) is 0 Å². The number of hydrogen-bond acceptors (Lipinski definition) is 4. The highest BCUT2D eigenvalue weighted by molar-refractivity contribution is 5.16. The van der Waals surface area contributed by atoms with Gasteiger partial charge in [0.05, 0.1) is 6.61 Å². The van der Waals surface area contributed by atoms with Gasteiger partial charge in [0, 0.05) is 30.4 Å². The Labute approximate surface area is 115 Å². The molecule has 0 amide bonds. The minimum Gasteiger partial charge on any atom is -0.368 e. The molecular weight excluding hydrogens is 238 g/mol. The lowest BCUT2D eigenvalue weighted by Crippen LogP contribution is -2.34. The summed E-state index contributed by atoms with van der Waals surface area (Å²) in [5.41, 5.74) is 2.30. The monoisotopic (exact) mass is 261 g/mol. The van der Waals surface area contributed by atoms with E-state index in [0.717, 1.165) is 31.2 Å². The standard InChI is InChI=1S/C15H23N3O/c1-11-9-13(12-5-3-2-4-6-12)18-15(17-11)14-10-16-7-8-19-14/h9,12,14,16H,2-8,10H2,1H3. The van der Waals surface area contributed by atoms with Crippen molar-refractivity contribution in [1.82, 2.24) is 15.3 Å². The quantitative estimate of drug-likeness (QED) is 0.888. The van der Waals surface area contributed by atoms with Crippen LogP contribution in [-0.2, 0) is 4.74 Å². The average molecular weight is 261 g/mol. The normalized spacial score (nSPS) is 25.4. The van der Waals surface area contributed by atoms with Gasteiger partial charge in [-0.2, -0.15) is 0 Å². The Hall–Kier alpha value is -1.00. The zero-order valence-electron chi connectivity index (χ0n) is 11.7. The van der Waals surface area contributed by atoms with E-state index in [4.69, 9.17) is 9.72 Å². The zero-order chi connectivity index (χ0) is 13.1. The Morgan fingerprint density at radius 2 is 2.05 bits per heavy atom. The van der Waals surface area contributed by atoms with Crippen molar-refractivity contribution < 1.29 is 4.74 Å². The van der Waals surface area contributed by atoms with Gasteiger partial charge in [0.15, 0.2) is 5.82 Å². The zero-order valence-corrected chi connectivity index (χ0v) is 11.7. The molecule has 0 aromatic carbocycles. The predicted molar refractivity (Wildman–Crippen MR) is 74.2 cm³/mol. The number of hydrogen-bond donors (Lipinski definition) is 1. The lowest BCUT2D eigenvalue weighted by molar-refractivity contribution is 0.0218. The van der Waals surface area contributed by atoms with Gasteiger partial charge in [-0.15, -0.1) is 0 Å². The maximum Gasteiger partial charge on any atom is 0.158 e. The van der Waals surface area contributed by atoms with E-state index in [-0.39, 0.29) is 6.10 Å². The van der Waals surface area contributed by atoms with Crippen LogP contribution in [0.3, 0.4) is 0 Å². The predicted octanol–water partition coefficient (Wildman–Crippen LogP) is 2.49. The van der Waals surface area contributed by atoms with Gasteiger partial charge in [-0.1, -0.05) is 19.3 Å². The van der Waals surface area contributed by atoms with Gasteiger partial charge in [0.1, 0.15) is 6.10 Å². The third-order valence-corrected chi connectivity index (χ3v) is 4.13. The van der Waals surface area contributed by atoms with Gasteiger partial charge in [-0.3, -0.25) is 0 Å². The molecule has 4 heteroatoms. The molecule has 1 saturated heterocycles. The molecule has 2 aliphatic rings. The largest absolute Gasteiger partial charge is 0.368 e. The first-order chi connectivity index (χ1) is 9.33. The number of morpholine rings is 1. The van der Waals surface area contributed by atoms with E-state index in [9.17, 15) is 0 Å². The molecule has 1 aromatic heterocycles. The first-order valence-electron chi connectivity index (χ1n) is 7.51. The van der Waals surface area contributed by atoms with Crippen LogP contribution in [0.15, 0.2) is 6.07 Å². The maximum absolute atomic E-state index is 5.77. The number of aryl methyl sites for hydroxylation is 1. The lowest BCUT2D eigenvalue weighted by atomic mass is 9.86. The molecule has 1 N–H and O–H groups in total. The van der Waals surface area contributed by atoms with E-state index in [1.165, 1.54) is 37.8 Å². The Bertz CT molecular complexity index is 387. The van der Waals surface area contributed by atoms with Crippen molar-refractivity contribution in [1.29, 1.82) is 0 Å². The van der Waals surface area contributed by atoms with Crippen LogP contribution < -0.4 is 5.32 Å². The highest BCUT2D eigenvalue weighted by atomic mass is 16.5. The second kappa shape index (κ2) is 5.97. The number of ether oxygens (including phenoxy) is 1. The summed E-state index contributed by atoms with van der Waals surface area (Å²) in [4.78, 5) is 9.38. The van der Waals surface area contributed by atoms with Crippen molar-refractivity contribution in [3.05, 3.63) is 23.3 Å². The highest BCUT2D eigenvalue weighted by Gasteiger charge is 2.22. The minimum absolute atomic E-state index is 0.0241. The van der Waals surface area contributed by atoms with Crippen molar-refractivity contribution in [2.75, 3.05) is 19.7 Å². The molecular formula is C15H23N3O. The topological polar surface area (TPSA) is 47.0 Å². The molecule has 0 radical (unpaired) electrons. The van der Waals surface area contributed by atoms with Crippen LogP contribution in [0.5, 0.6) is 0 Å². The third-order valence-electron chi connectivity index (χ3n) is 4.13. The number of rotatable bonds is 2. The summed E-state index contributed by atoms with van der Waals surface area (Å²) in [5.74, 6) is 1.50. The van der Waals surface area contributed by atoms with E-state index in [2.05, 4.69) is 23.3 Å². The summed E-state index contributed by atoms with van der Waals surface area (Å²) in [6.07, 6.45) is 6.63. The fourth-order valence-electron chi connectivity index (χ4n) is 3.10. The molecule has 0 spiro atoms. The highest BCUT2D eigenvalue weighted by Crippen LogP contribution is 2.32. The number of nitrogens with zero attached hydrogens (tertiary/aromatic N) is 2. The molecule has 4 nitrogen and oxygen atoms in total. The van der Waals surface area contributed by atoms with E-state index in [0.29, 0.717) is 5.92 Å². The van der Waals surface area contributed by atoms with Crippen LogP contribution in [0, 0.1) is 6.92 Å². The summed E-state index contributed by atoms with van der Waals surface area (Å²) < 4.78 is 5.77. The van der Waals surface area contributed by atoms with E-state index < -0.39 is 0 Å². The van der Waals surface area contributed by atoms with Crippen LogP contribution in [0.4, 0.5) is 0 Å². The molecule has 1 aliphatic carbocycles. The molecule has 19 heavy (non-hydrogen) atoms. The molecule has 2 heterocycles. The van der Waals surface area contributed by atoms with Crippen molar-refractivity contribution in [2.45, 2.75) is 51.0 Å². The summed E-state index contributed by atoms with van der Waals surface area (Å²) in [6.45, 7) is 4.57. The molecule has 1 unspecified atom stereocenters. The van der Waals surface area contributed by atoms with Gasteiger partial charge < -0.3 is 10.1 Å². The van der Waals surface area contributed by atoms with Crippen LogP contribution in [0.2, 0.25) is 0 Å². The molecule has 3 rings (SSSR count). The summed E-state index contributed by atoms with van der Waals surface area (Å²) in [6, 6.07) is 2.16. The Morgan fingerprint density at radius 1 is 1.21 bits per heavy atom. The molecule has 1 atom stereocenters. The van der Waals surface area contributed by atoms with Crippen LogP contribution in [0.1, 0.15) is 61.3 Å². The summed E-state index contributed by atoms with van der Waals surface area (Å²) in [5, 5.41) is 3.35. The molecule has 104 valence electrons. The Kier molecular flexibility index (Phi) is 4.09. The lowest BCUT2D eigenvalue weighted by Gasteiger charge is -2.25. The van der Waals surface area contributed by atoms with Gasteiger partial charge in [0.2, 0.25) is 0 Å². The smallest absolute Gasteiger partial charge is 0.158 e. The van der Waals surface area contributed by atoms with Crippen LogP contribution >= 0.6 is 0 Å². The first-order valence-corrected chi connectivity index (χ1v) is 7.51. The summed E-state index contributed by atoms with van der Waals surface area (Å²) in [7, 11) is 0. The molecule has 2 fully saturated rings. The van der Waals surface area contributed by atoms with Crippen molar-refractivity contribution in [3.8, 4) is 0 Å². The maximum atomic E-state index is 5.77. The second-order valence-electron chi connectivity index (χ2n) is 5.69.